The van der Waals surface area contributed by atoms with E-state index >= 15 is 0 Å². The fourth-order valence-electron chi connectivity index (χ4n) is 3.02. The van der Waals surface area contributed by atoms with E-state index in [1.165, 1.54) is 19.2 Å². The van der Waals surface area contributed by atoms with Crippen LogP contribution in [0, 0.1) is 13.8 Å². The molecule has 0 aliphatic carbocycles. The molecule has 132 valence electrons. The fourth-order valence-corrected chi connectivity index (χ4v) is 3.02. The predicted molar refractivity (Wildman–Crippen MR) is 98.1 cm³/mol. The fraction of sp³-hybridized carbons (Fsp3) is 0.421. The molecule has 1 N–H and O–H groups in total. The molecule has 0 radical (unpaired) electrons. The number of rotatable bonds is 5. The molecular formula is C19H24N4O2. The maximum atomic E-state index is 12.4. The minimum absolute atomic E-state index is 0.231. The highest BCUT2D eigenvalue weighted by atomic mass is 16.5. The monoisotopic (exact) mass is 340 g/mol. The summed E-state index contributed by atoms with van der Waals surface area (Å²) >= 11 is 0. The number of ether oxygens (including phenoxy) is 1. The van der Waals surface area contributed by atoms with Crippen LogP contribution in [0.15, 0.2) is 30.6 Å². The molecule has 0 saturated carbocycles. The van der Waals surface area contributed by atoms with Gasteiger partial charge in [-0.05, 0) is 56.9 Å². The lowest BCUT2D eigenvalue weighted by Gasteiger charge is -2.18. The van der Waals surface area contributed by atoms with Crippen molar-refractivity contribution in [3.05, 3.63) is 41.7 Å². The summed E-state index contributed by atoms with van der Waals surface area (Å²) in [5.41, 5.74) is 2.21. The van der Waals surface area contributed by atoms with Crippen molar-refractivity contribution in [2.24, 2.45) is 0 Å². The second-order valence-electron chi connectivity index (χ2n) is 6.53. The van der Waals surface area contributed by atoms with E-state index in [9.17, 15) is 4.79 Å². The Balaban J connectivity index is 1.64. The molecular weight excluding hydrogens is 316 g/mol. The minimum atomic E-state index is -0.619. The van der Waals surface area contributed by atoms with Gasteiger partial charge in [-0.25, -0.2) is 9.97 Å². The van der Waals surface area contributed by atoms with Gasteiger partial charge in [-0.15, -0.1) is 0 Å². The number of nitrogens with zero attached hydrogens (tertiary/aromatic N) is 3. The molecule has 1 aliphatic rings. The highest BCUT2D eigenvalue weighted by molar-refractivity contribution is 5.93. The van der Waals surface area contributed by atoms with Crippen molar-refractivity contribution in [3.8, 4) is 5.75 Å². The highest BCUT2D eigenvalue weighted by Gasteiger charge is 2.18. The topological polar surface area (TPSA) is 67.3 Å². The highest BCUT2D eigenvalue weighted by Crippen LogP contribution is 2.20. The SMILES string of the molecule is Cc1cc(C)cc(OC(C)C(=O)Nc2cc(N3CCCC3)ncn2)c1. The molecule has 2 heterocycles. The van der Waals surface area contributed by atoms with Crippen molar-refractivity contribution in [2.45, 2.75) is 39.7 Å². The number of carbonyl (C=O) groups is 1. The van der Waals surface area contributed by atoms with Gasteiger partial charge in [-0.3, -0.25) is 4.79 Å². The summed E-state index contributed by atoms with van der Waals surface area (Å²) in [4.78, 5) is 23.0. The van der Waals surface area contributed by atoms with Gasteiger partial charge in [0.1, 0.15) is 23.7 Å². The molecule has 0 spiro atoms. The Hall–Kier alpha value is -2.63. The van der Waals surface area contributed by atoms with Gasteiger partial charge in [-0.2, -0.15) is 0 Å². The molecule has 6 nitrogen and oxygen atoms in total. The first-order chi connectivity index (χ1) is 12.0. The number of aromatic nitrogens is 2. The molecule has 6 heteroatoms. The average Bonchev–Trinajstić information content (AvgIpc) is 3.08. The lowest BCUT2D eigenvalue weighted by molar-refractivity contribution is -0.122. The summed E-state index contributed by atoms with van der Waals surface area (Å²) in [6.07, 6.45) is 3.21. The van der Waals surface area contributed by atoms with E-state index in [1.54, 1.807) is 6.92 Å². The van der Waals surface area contributed by atoms with Crippen LogP contribution in [-0.2, 0) is 4.79 Å². The molecule has 1 amide bonds. The summed E-state index contributed by atoms with van der Waals surface area (Å²) in [7, 11) is 0. The third kappa shape index (κ3) is 4.47. The molecule has 1 fully saturated rings. The van der Waals surface area contributed by atoms with Gasteiger partial charge in [0.2, 0.25) is 0 Å². The zero-order valence-electron chi connectivity index (χ0n) is 15.0. The zero-order chi connectivity index (χ0) is 17.8. The van der Waals surface area contributed by atoms with E-state index < -0.39 is 6.10 Å². The number of amides is 1. The molecule has 1 aromatic carbocycles. The lowest BCUT2D eigenvalue weighted by Crippen LogP contribution is -2.30. The van der Waals surface area contributed by atoms with E-state index in [0.29, 0.717) is 11.6 Å². The van der Waals surface area contributed by atoms with Crippen molar-refractivity contribution in [2.75, 3.05) is 23.3 Å². The van der Waals surface area contributed by atoms with Gasteiger partial charge in [0.05, 0.1) is 0 Å². The van der Waals surface area contributed by atoms with Gasteiger partial charge >= 0.3 is 0 Å². The van der Waals surface area contributed by atoms with Crippen molar-refractivity contribution in [1.29, 1.82) is 0 Å². The molecule has 1 aliphatic heterocycles. The number of carbonyl (C=O) groups excluding carboxylic acids is 1. The van der Waals surface area contributed by atoms with Gasteiger partial charge in [-0.1, -0.05) is 6.07 Å². The van der Waals surface area contributed by atoms with Gasteiger partial charge in [0.25, 0.3) is 5.91 Å². The standard InChI is InChI=1S/C19H24N4O2/c1-13-8-14(2)10-16(9-13)25-15(3)19(24)22-17-11-18(21-12-20-17)23-6-4-5-7-23/h8-12,15H,4-7H2,1-3H3,(H,20,21,22,24). The summed E-state index contributed by atoms with van der Waals surface area (Å²) in [5.74, 6) is 1.81. The Morgan fingerprint density at radius 3 is 2.48 bits per heavy atom. The maximum absolute atomic E-state index is 12.4. The zero-order valence-corrected chi connectivity index (χ0v) is 15.0. The largest absolute Gasteiger partial charge is 0.481 e. The van der Waals surface area contributed by atoms with Gasteiger partial charge < -0.3 is 15.0 Å². The first kappa shape index (κ1) is 17.2. The quantitative estimate of drug-likeness (QED) is 0.906. The molecule has 1 atom stereocenters. The minimum Gasteiger partial charge on any atom is -0.481 e. The Morgan fingerprint density at radius 1 is 1.12 bits per heavy atom. The smallest absolute Gasteiger partial charge is 0.266 e. The number of aryl methyl sites for hydroxylation is 2. The van der Waals surface area contributed by atoms with Crippen LogP contribution in [0.3, 0.4) is 0 Å². The molecule has 25 heavy (non-hydrogen) atoms. The lowest BCUT2D eigenvalue weighted by atomic mass is 10.1. The number of hydrogen-bond donors (Lipinski definition) is 1. The Morgan fingerprint density at radius 2 is 1.80 bits per heavy atom. The summed E-state index contributed by atoms with van der Waals surface area (Å²) in [5, 5.41) is 2.81. The summed E-state index contributed by atoms with van der Waals surface area (Å²) in [6, 6.07) is 7.73. The van der Waals surface area contributed by atoms with Crippen LogP contribution in [0.25, 0.3) is 0 Å². The number of anilines is 2. The van der Waals surface area contributed by atoms with E-state index in [1.807, 2.05) is 32.0 Å². The van der Waals surface area contributed by atoms with Crippen LogP contribution in [0.5, 0.6) is 5.75 Å². The van der Waals surface area contributed by atoms with Gasteiger partial charge in [0.15, 0.2) is 6.10 Å². The van der Waals surface area contributed by atoms with E-state index in [0.717, 1.165) is 30.0 Å². The third-order valence-corrected chi connectivity index (χ3v) is 4.21. The van der Waals surface area contributed by atoms with E-state index in [-0.39, 0.29) is 5.91 Å². The molecule has 3 rings (SSSR count). The van der Waals surface area contributed by atoms with Crippen molar-refractivity contribution >= 4 is 17.5 Å². The average molecular weight is 340 g/mol. The van der Waals surface area contributed by atoms with Crippen molar-refractivity contribution in [3.63, 3.8) is 0 Å². The third-order valence-electron chi connectivity index (χ3n) is 4.21. The normalized spacial score (nSPS) is 15.1. The second kappa shape index (κ2) is 7.51. The maximum Gasteiger partial charge on any atom is 0.266 e. The Kier molecular flexibility index (Phi) is 5.16. The Bertz CT molecular complexity index is 737. The second-order valence-corrected chi connectivity index (χ2v) is 6.53. The number of hydrogen-bond acceptors (Lipinski definition) is 5. The van der Waals surface area contributed by atoms with Crippen LogP contribution in [0.4, 0.5) is 11.6 Å². The summed E-state index contributed by atoms with van der Waals surface area (Å²) < 4.78 is 5.77. The number of nitrogens with one attached hydrogen (secondary N) is 1. The predicted octanol–water partition coefficient (Wildman–Crippen LogP) is 3.10. The molecule has 1 aromatic heterocycles. The summed E-state index contributed by atoms with van der Waals surface area (Å²) in [6.45, 7) is 7.74. The van der Waals surface area contributed by atoms with E-state index in [2.05, 4.69) is 26.3 Å². The Labute approximate surface area is 148 Å². The molecule has 2 aromatic rings. The van der Waals surface area contributed by atoms with Crippen LogP contribution >= 0.6 is 0 Å². The van der Waals surface area contributed by atoms with Crippen LogP contribution in [0.1, 0.15) is 30.9 Å². The van der Waals surface area contributed by atoms with E-state index in [4.69, 9.17) is 4.74 Å². The van der Waals surface area contributed by atoms with Gasteiger partial charge in [0, 0.05) is 19.2 Å². The first-order valence-corrected chi connectivity index (χ1v) is 8.64. The molecule has 1 saturated heterocycles. The molecule has 0 bridgehead atoms. The molecule has 1 unspecified atom stereocenters. The number of benzene rings is 1. The van der Waals surface area contributed by atoms with Crippen LogP contribution in [0.2, 0.25) is 0 Å². The van der Waals surface area contributed by atoms with Crippen LogP contribution in [-0.4, -0.2) is 35.1 Å². The van der Waals surface area contributed by atoms with Crippen LogP contribution < -0.4 is 15.0 Å². The van der Waals surface area contributed by atoms with Crippen molar-refractivity contribution < 1.29 is 9.53 Å². The van der Waals surface area contributed by atoms with Crippen molar-refractivity contribution in [1.82, 2.24) is 9.97 Å². The first-order valence-electron chi connectivity index (χ1n) is 8.64.